The van der Waals surface area contributed by atoms with Crippen molar-refractivity contribution in [1.82, 2.24) is 0 Å². The van der Waals surface area contributed by atoms with Gasteiger partial charge in [0.15, 0.2) is 5.75 Å². The molecular formula is C10H12NO. The topological polar surface area (TPSA) is 45.9 Å². The minimum absolute atomic E-state index is 0.0999. The van der Waals surface area contributed by atoms with Crippen LogP contribution in [0.1, 0.15) is 30.0 Å². The lowest BCUT2D eigenvalue weighted by Gasteiger charge is -2.21. The molecule has 2 heteroatoms. The van der Waals surface area contributed by atoms with Crippen molar-refractivity contribution >= 4 is 0 Å². The van der Waals surface area contributed by atoms with E-state index in [2.05, 4.69) is 0 Å². The average molecular weight is 162 g/mol. The molecule has 0 bridgehead atoms. The van der Waals surface area contributed by atoms with Crippen LogP contribution in [0.25, 0.3) is 0 Å². The van der Waals surface area contributed by atoms with Crippen LogP contribution in [0.5, 0.6) is 5.75 Å². The molecule has 0 amide bonds. The lowest BCUT2D eigenvalue weighted by atomic mass is 9.88. The Kier molecular flexibility index (Phi) is 1.77. The third-order valence-corrected chi connectivity index (χ3v) is 2.48. The Balaban J connectivity index is 2.46. The van der Waals surface area contributed by atoms with E-state index in [-0.39, 0.29) is 11.8 Å². The number of benzene rings is 1. The van der Waals surface area contributed by atoms with Gasteiger partial charge in [0.05, 0.1) is 0 Å². The first-order chi connectivity index (χ1) is 5.77. The molecule has 1 aliphatic carbocycles. The maximum atomic E-state index is 11.0. The smallest absolute Gasteiger partial charge is 0.178 e. The number of hydrogen-bond acceptors (Lipinski definition) is 1. The first-order valence-electron chi connectivity index (χ1n) is 4.33. The Morgan fingerprint density at radius 2 is 2.25 bits per heavy atom. The normalized spacial score (nSPS) is 21.9. The molecule has 1 aromatic carbocycles. The van der Waals surface area contributed by atoms with Crippen molar-refractivity contribution in [3.63, 3.8) is 0 Å². The Morgan fingerprint density at radius 3 is 3.08 bits per heavy atom. The van der Waals surface area contributed by atoms with Crippen LogP contribution in [-0.4, -0.2) is 0 Å². The van der Waals surface area contributed by atoms with Crippen molar-refractivity contribution in [1.29, 1.82) is 0 Å². The van der Waals surface area contributed by atoms with Gasteiger partial charge in [-0.1, -0.05) is 6.07 Å². The van der Waals surface area contributed by atoms with E-state index in [4.69, 9.17) is 5.73 Å². The van der Waals surface area contributed by atoms with Gasteiger partial charge in [0.1, 0.15) is 0 Å². The Bertz CT molecular complexity index is 296. The lowest BCUT2D eigenvalue weighted by Crippen LogP contribution is -2.16. The summed E-state index contributed by atoms with van der Waals surface area (Å²) in [6, 6.07) is 5.34. The number of nitrogens with two attached hydrogens (primary N) is 1. The predicted octanol–water partition coefficient (Wildman–Crippen LogP) is 2.17. The van der Waals surface area contributed by atoms with Crippen molar-refractivity contribution in [2.24, 2.45) is 5.73 Å². The summed E-state index contributed by atoms with van der Waals surface area (Å²) in [6.07, 6.45) is 3.17. The van der Waals surface area contributed by atoms with Crippen LogP contribution < -0.4 is 5.73 Å². The molecule has 0 saturated heterocycles. The molecule has 0 aliphatic heterocycles. The number of rotatable bonds is 0. The Morgan fingerprint density at radius 1 is 1.42 bits per heavy atom. The molecule has 2 nitrogen and oxygen atoms in total. The van der Waals surface area contributed by atoms with E-state index in [9.17, 15) is 5.11 Å². The molecular weight excluding hydrogens is 150 g/mol. The first-order valence-corrected chi connectivity index (χ1v) is 4.33. The van der Waals surface area contributed by atoms with Crippen LogP contribution in [0, 0.1) is 0 Å². The molecule has 63 valence electrons. The van der Waals surface area contributed by atoms with E-state index < -0.39 is 0 Å². The third-order valence-electron chi connectivity index (χ3n) is 2.48. The second kappa shape index (κ2) is 2.79. The molecule has 0 aromatic heterocycles. The molecule has 2 N–H and O–H groups in total. The van der Waals surface area contributed by atoms with E-state index in [1.165, 1.54) is 5.56 Å². The highest BCUT2D eigenvalue weighted by Crippen LogP contribution is 2.30. The van der Waals surface area contributed by atoms with E-state index in [0.717, 1.165) is 24.8 Å². The summed E-state index contributed by atoms with van der Waals surface area (Å²) < 4.78 is 0. The fourth-order valence-corrected chi connectivity index (χ4v) is 1.83. The standard InChI is InChI=1S/C10H12NO/c11-10-3-1-2-7-6-8(12)4-5-9(7)10/h4-6,10H,1-3,11H2. The Hall–Kier alpha value is -1.02. The molecule has 12 heavy (non-hydrogen) atoms. The zero-order valence-corrected chi connectivity index (χ0v) is 6.92. The highest BCUT2D eigenvalue weighted by Gasteiger charge is 2.16. The van der Waals surface area contributed by atoms with Gasteiger partial charge >= 0.3 is 0 Å². The minimum Gasteiger partial charge on any atom is -0.324 e. The fraction of sp³-hybridized carbons (Fsp3) is 0.400. The Labute approximate surface area is 72.0 Å². The molecule has 1 unspecified atom stereocenters. The monoisotopic (exact) mass is 162 g/mol. The summed E-state index contributed by atoms with van der Waals surface area (Å²) in [4.78, 5) is 0. The van der Waals surface area contributed by atoms with Crippen LogP contribution >= 0.6 is 0 Å². The minimum atomic E-state index is 0.0999. The summed E-state index contributed by atoms with van der Waals surface area (Å²) in [5.41, 5.74) is 8.22. The summed E-state index contributed by atoms with van der Waals surface area (Å²) >= 11 is 0. The summed E-state index contributed by atoms with van der Waals surface area (Å²) in [5.74, 6) is 0.0999. The number of aryl methyl sites for hydroxylation is 1. The highest BCUT2D eigenvalue weighted by atomic mass is 16.3. The maximum Gasteiger partial charge on any atom is 0.178 e. The van der Waals surface area contributed by atoms with Gasteiger partial charge in [-0.3, -0.25) is 5.11 Å². The summed E-state index contributed by atoms with van der Waals surface area (Å²) in [7, 11) is 0. The van der Waals surface area contributed by atoms with E-state index in [0.29, 0.717) is 0 Å². The van der Waals surface area contributed by atoms with Gasteiger partial charge in [-0.25, -0.2) is 0 Å². The second-order valence-electron chi connectivity index (χ2n) is 3.36. The van der Waals surface area contributed by atoms with Gasteiger partial charge in [-0.2, -0.15) is 0 Å². The van der Waals surface area contributed by atoms with Gasteiger partial charge in [-0.05, 0) is 42.5 Å². The molecule has 0 saturated carbocycles. The van der Waals surface area contributed by atoms with Crippen LogP contribution in [0.2, 0.25) is 0 Å². The average Bonchev–Trinajstić information content (AvgIpc) is 2.04. The maximum absolute atomic E-state index is 11.0. The van der Waals surface area contributed by atoms with Crippen LogP contribution in [0.3, 0.4) is 0 Å². The largest absolute Gasteiger partial charge is 0.324 e. The van der Waals surface area contributed by atoms with Gasteiger partial charge in [-0.15, -0.1) is 0 Å². The molecule has 1 radical (unpaired) electrons. The van der Waals surface area contributed by atoms with E-state index in [1.807, 2.05) is 6.07 Å². The quantitative estimate of drug-likeness (QED) is 0.624. The molecule has 2 rings (SSSR count). The van der Waals surface area contributed by atoms with Crippen molar-refractivity contribution < 1.29 is 5.11 Å². The van der Waals surface area contributed by atoms with Crippen molar-refractivity contribution in [3.05, 3.63) is 29.3 Å². The van der Waals surface area contributed by atoms with Gasteiger partial charge in [0, 0.05) is 6.04 Å². The molecule has 0 fully saturated rings. The fourth-order valence-electron chi connectivity index (χ4n) is 1.83. The molecule has 0 spiro atoms. The van der Waals surface area contributed by atoms with E-state index in [1.54, 1.807) is 12.1 Å². The summed E-state index contributed by atoms with van der Waals surface area (Å²) in [5, 5.41) is 11.0. The summed E-state index contributed by atoms with van der Waals surface area (Å²) in [6.45, 7) is 0. The van der Waals surface area contributed by atoms with Crippen molar-refractivity contribution in [2.45, 2.75) is 25.3 Å². The third kappa shape index (κ3) is 1.18. The predicted molar refractivity (Wildman–Crippen MR) is 46.4 cm³/mol. The van der Waals surface area contributed by atoms with Gasteiger partial charge < -0.3 is 5.73 Å². The zero-order chi connectivity index (χ0) is 8.55. The highest BCUT2D eigenvalue weighted by molar-refractivity contribution is 5.37. The van der Waals surface area contributed by atoms with E-state index >= 15 is 0 Å². The van der Waals surface area contributed by atoms with Crippen LogP contribution in [-0.2, 0) is 11.5 Å². The number of hydrogen-bond donors (Lipinski definition) is 1. The zero-order valence-electron chi connectivity index (χ0n) is 6.92. The SMILES string of the molecule is NC1CCCc2cc([O])ccc21. The van der Waals surface area contributed by atoms with Crippen LogP contribution in [0.15, 0.2) is 18.2 Å². The number of fused-ring (bicyclic) bond motifs is 1. The van der Waals surface area contributed by atoms with Crippen molar-refractivity contribution in [2.75, 3.05) is 0 Å². The van der Waals surface area contributed by atoms with Crippen molar-refractivity contribution in [3.8, 4) is 5.75 Å². The van der Waals surface area contributed by atoms with Gasteiger partial charge in [0.2, 0.25) is 0 Å². The van der Waals surface area contributed by atoms with Gasteiger partial charge in [0.25, 0.3) is 0 Å². The molecule has 1 aromatic rings. The molecule has 1 aliphatic rings. The molecule has 1 atom stereocenters. The lowest BCUT2D eigenvalue weighted by molar-refractivity contribution is 0.353. The van der Waals surface area contributed by atoms with Crippen LogP contribution in [0.4, 0.5) is 0 Å². The molecule has 0 heterocycles. The first kappa shape index (κ1) is 7.62. The second-order valence-corrected chi connectivity index (χ2v) is 3.36.